The van der Waals surface area contributed by atoms with Gasteiger partial charge in [-0.2, -0.15) is 0 Å². The molecule has 5 nitrogen and oxygen atoms in total. The summed E-state index contributed by atoms with van der Waals surface area (Å²) < 4.78 is 5.59. The maximum absolute atomic E-state index is 5.88. The number of rotatable bonds is 6. The van der Waals surface area contributed by atoms with E-state index < -0.39 is 0 Å². The van der Waals surface area contributed by atoms with E-state index in [1.807, 2.05) is 12.1 Å². The van der Waals surface area contributed by atoms with Gasteiger partial charge in [-0.25, -0.2) is 0 Å². The molecule has 21 heavy (non-hydrogen) atoms. The zero-order chi connectivity index (χ0) is 14.2. The highest BCUT2D eigenvalue weighted by Crippen LogP contribution is 2.25. The molecule has 2 rings (SSSR count). The molecule has 2 heterocycles. The van der Waals surface area contributed by atoms with Crippen LogP contribution in [0.15, 0.2) is 27.8 Å². The summed E-state index contributed by atoms with van der Waals surface area (Å²) >= 11 is 0. The van der Waals surface area contributed by atoms with E-state index >= 15 is 0 Å². The fraction of sp³-hybridized carbons (Fsp3) is 0.667. The van der Waals surface area contributed by atoms with Gasteiger partial charge in [-0.05, 0) is 44.5 Å². The maximum atomic E-state index is 5.88. The van der Waals surface area contributed by atoms with E-state index in [0.29, 0.717) is 12.5 Å². The highest BCUT2D eigenvalue weighted by Gasteiger charge is 2.24. The summed E-state index contributed by atoms with van der Waals surface area (Å²) in [6.07, 6.45) is 6.61. The van der Waals surface area contributed by atoms with E-state index in [1.54, 1.807) is 6.26 Å². The molecule has 0 bridgehead atoms. The van der Waals surface area contributed by atoms with Gasteiger partial charge in [0.2, 0.25) is 0 Å². The Morgan fingerprint density at radius 2 is 2.19 bits per heavy atom. The number of nitrogens with zero attached hydrogens (tertiary/aromatic N) is 2. The Morgan fingerprint density at radius 1 is 1.43 bits per heavy atom. The first kappa shape index (κ1) is 18.3. The first-order valence-corrected chi connectivity index (χ1v) is 7.62. The van der Waals surface area contributed by atoms with Crippen molar-refractivity contribution in [2.75, 3.05) is 26.2 Å². The molecular weight excluding hydrogens is 379 g/mol. The molecule has 1 saturated heterocycles. The summed E-state index contributed by atoms with van der Waals surface area (Å²) in [6, 6.07) is 4.17. The van der Waals surface area contributed by atoms with Crippen molar-refractivity contribution in [3.63, 3.8) is 0 Å². The number of hydrogen-bond donors (Lipinski definition) is 2. The van der Waals surface area contributed by atoms with Crippen LogP contribution in [0.5, 0.6) is 0 Å². The molecule has 1 unspecified atom stereocenters. The highest BCUT2D eigenvalue weighted by atomic mass is 127. The third-order valence-corrected chi connectivity index (χ3v) is 3.69. The zero-order valence-electron chi connectivity index (χ0n) is 12.8. The van der Waals surface area contributed by atoms with Gasteiger partial charge in [-0.3, -0.25) is 9.89 Å². The van der Waals surface area contributed by atoms with Crippen LogP contribution in [0.4, 0.5) is 0 Å². The smallest absolute Gasteiger partial charge is 0.188 e. The second-order valence-corrected chi connectivity index (χ2v) is 5.28. The van der Waals surface area contributed by atoms with E-state index in [2.05, 4.69) is 22.1 Å². The van der Waals surface area contributed by atoms with Crippen molar-refractivity contribution in [1.82, 2.24) is 10.2 Å². The Kier molecular flexibility index (Phi) is 8.75. The van der Waals surface area contributed by atoms with Crippen LogP contribution in [0, 0.1) is 0 Å². The van der Waals surface area contributed by atoms with E-state index in [1.165, 1.54) is 19.3 Å². The third kappa shape index (κ3) is 5.86. The molecule has 1 fully saturated rings. The molecule has 0 amide bonds. The van der Waals surface area contributed by atoms with Crippen LogP contribution in [-0.2, 0) is 0 Å². The molecule has 0 aromatic carbocycles. The lowest BCUT2D eigenvalue weighted by Gasteiger charge is -2.32. The molecule has 0 radical (unpaired) electrons. The predicted molar refractivity (Wildman–Crippen MR) is 97.1 cm³/mol. The minimum absolute atomic E-state index is 0. The molecule has 1 aliphatic heterocycles. The summed E-state index contributed by atoms with van der Waals surface area (Å²) in [7, 11) is 0. The van der Waals surface area contributed by atoms with Gasteiger partial charge >= 0.3 is 0 Å². The number of furan rings is 1. The van der Waals surface area contributed by atoms with E-state index in [0.717, 1.165) is 31.8 Å². The van der Waals surface area contributed by atoms with E-state index in [4.69, 9.17) is 10.2 Å². The van der Waals surface area contributed by atoms with Crippen LogP contribution >= 0.6 is 24.0 Å². The minimum Gasteiger partial charge on any atom is -0.468 e. The van der Waals surface area contributed by atoms with Gasteiger partial charge in [-0.1, -0.05) is 13.3 Å². The number of nitrogens with one attached hydrogen (secondary N) is 1. The number of hydrogen-bond acceptors (Lipinski definition) is 3. The molecule has 6 heteroatoms. The summed E-state index contributed by atoms with van der Waals surface area (Å²) in [5.41, 5.74) is 5.88. The summed E-state index contributed by atoms with van der Waals surface area (Å²) in [5, 5.41) is 3.11. The van der Waals surface area contributed by atoms with Gasteiger partial charge < -0.3 is 15.5 Å². The Bertz CT molecular complexity index is 402. The number of halogens is 1. The van der Waals surface area contributed by atoms with Gasteiger partial charge in [0.1, 0.15) is 5.76 Å². The molecule has 1 aromatic heterocycles. The van der Waals surface area contributed by atoms with Crippen molar-refractivity contribution in [3.05, 3.63) is 24.2 Å². The first-order valence-electron chi connectivity index (χ1n) is 7.62. The van der Waals surface area contributed by atoms with Crippen LogP contribution in [-0.4, -0.2) is 37.0 Å². The number of likely N-dealkylation sites (tertiary alicyclic amines) is 1. The van der Waals surface area contributed by atoms with Gasteiger partial charge in [0.25, 0.3) is 0 Å². The molecule has 3 N–H and O–H groups in total. The number of guanidine groups is 1. The summed E-state index contributed by atoms with van der Waals surface area (Å²) in [5.74, 6) is 1.51. The summed E-state index contributed by atoms with van der Waals surface area (Å²) in [4.78, 5) is 6.93. The molecule has 0 saturated carbocycles. The maximum Gasteiger partial charge on any atom is 0.188 e. The zero-order valence-corrected chi connectivity index (χ0v) is 15.1. The van der Waals surface area contributed by atoms with E-state index in [9.17, 15) is 0 Å². The lowest BCUT2D eigenvalue weighted by atomic mass is 10.1. The monoisotopic (exact) mass is 406 g/mol. The lowest BCUT2D eigenvalue weighted by molar-refractivity contribution is 0.150. The molecule has 1 atom stereocenters. The van der Waals surface area contributed by atoms with Gasteiger partial charge in [-0.15, -0.1) is 24.0 Å². The average Bonchev–Trinajstić information content (AvgIpc) is 3.00. The molecule has 0 spiro atoms. The second-order valence-electron chi connectivity index (χ2n) is 5.28. The molecule has 1 aromatic rings. The van der Waals surface area contributed by atoms with Crippen LogP contribution in [0.1, 0.15) is 44.4 Å². The number of aliphatic imine (C=N–C) groups is 1. The Hall–Kier alpha value is -0.760. The largest absolute Gasteiger partial charge is 0.468 e. The van der Waals surface area contributed by atoms with Crippen LogP contribution < -0.4 is 11.1 Å². The standard InChI is InChI=1S/C15H26N4O.HI/c1-2-8-17-15(16)18-12-13(14-7-6-11-20-14)19-9-4-3-5-10-19;/h6-7,11,13H,2-5,8-10,12H2,1H3,(H3,16,17,18);1H. The van der Waals surface area contributed by atoms with Crippen LogP contribution in [0.3, 0.4) is 0 Å². The van der Waals surface area contributed by atoms with Gasteiger partial charge in [0, 0.05) is 6.54 Å². The van der Waals surface area contributed by atoms with Crippen molar-refractivity contribution in [2.45, 2.75) is 38.6 Å². The van der Waals surface area contributed by atoms with Crippen molar-refractivity contribution in [2.24, 2.45) is 10.7 Å². The van der Waals surface area contributed by atoms with Crippen LogP contribution in [0.25, 0.3) is 0 Å². The minimum atomic E-state index is 0. The first-order chi connectivity index (χ1) is 9.81. The van der Waals surface area contributed by atoms with Crippen molar-refractivity contribution in [1.29, 1.82) is 0 Å². The van der Waals surface area contributed by atoms with Gasteiger partial charge in [0.05, 0.1) is 18.8 Å². The van der Waals surface area contributed by atoms with Crippen molar-refractivity contribution in [3.8, 4) is 0 Å². The fourth-order valence-electron chi connectivity index (χ4n) is 2.59. The fourth-order valence-corrected chi connectivity index (χ4v) is 2.59. The average molecular weight is 406 g/mol. The SMILES string of the molecule is CCCNC(N)=NCC(c1ccco1)N1CCCCC1.I. The second kappa shape index (κ2) is 10.0. The van der Waals surface area contributed by atoms with Gasteiger partial charge in [0.15, 0.2) is 5.96 Å². The summed E-state index contributed by atoms with van der Waals surface area (Å²) in [6.45, 7) is 5.85. The quantitative estimate of drug-likeness (QED) is 0.433. The normalized spacial score (nSPS) is 18.0. The topological polar surface area (TPSA) is 66.8 Å². The Labute approximate surface area is 144 Å². The Balaban J connectivity index is 0.00000220. The lowest BCUT2D eigenvalue weighted by Crippen LogP contribution is -2.37. The number of piperidine rings is 1. The van der Waals surface area contributed by atoms with Crippen molar-refractivity contribution < 1.29 is 4.42 Å². The third-order valence-electron chi connectivity index (χ3n) is 3.69. The van der Waals surface area contributed by atoms with Crippen LogP contribution in [0.2, 0.25) is 0 Å². The molecule has 1 aliphatic rings. The Morgan fingerprint density at radius 3 is 2.81 bits per heavy atom. The van der Waals surface area contributed by atoms with E-state index in [-0.39, 0.29) is 30.0 Å². The van der Waals surface area contributed by atoms with Crippen molar-refractivity contribution >= 4 is 29.9 Å². The molecule has 120 valence electrons. The highest BCUT2D eigenvalue weighted by molar-refractivity contribution is 14.0. The number of nitrogens with two attached hydrogens (primary N) is 1. The predicted octanol–water partition coefficient (Wildman–Crippen LogP) is 2.74. The molecular formula is C15H27IN4O. The molecule has 0 aliphatic carbocycles.